The second-order valence-corrected chi connectivity index (χ2v) is 13.4. The summed E-state index contributed by atoms with van der Waals surface area (Å²) in [5.74, 6) is 0.427. The van der Waals surface area contributed by atoms with Crippen LogP contribution in [0.15, 0.2) is 29.2 Å². The number of hydrogen-bond donors (Lipinski definition) is 0. The smallest absolute Gasteiger partial charge is 0.410 e. The average molecular weight is 518 g/mol. The van der Waals surface area contributed by atoms with Crippen LogP contribution in [0.4, 0.5) is 4.79 Å². The molecule has 0 aromatic heterocycles. The second kappa shape index (κ2) is 11.0. The Morgan fingerprint density at radius 3 is 2.33 bits per heavy atom. The van der Waals surface area contributed by atoms with Crippen molar-refractivity contribution in [2.24, 2.45) is 5.92 Å². The van der Waals surface area contributed by atoms with Gasteiger partial charge < -0.3 is 9.64 Å². The molecule has 1 aromatic carbocycles. The Balaban J connectivity index is 1.24. The van der Waals surface area contributed by atoms with E-state index in [-0.39, 0.29) is 30.8 Å². The van der Waals surface area contributed by atoms with Crippen molar-refractivity contribution in [2.45, 2.75) is 107 Å². The van der Waals surface area contributed by atoms with Crippen molar-refractivity contribution in [1.29, 1.82) is 0 Å². The van der Waals surface area contributed by atoms with Crippen molar-refractivity contribution in [3.8, 4) is 0 Å². The Morgan fingerprint density at radius 1 is 0.944 bits per heavy atom. The Labute approximate surface area is 217 Å². The van der Waals surface area contributed by atoms with Crippen molar-refractivity contribution in [3.63, 3.8) is 0 Å². The van der Waals surface area contributed by atoms with Gasteiger partial charge in [0.2, 0.25) is 10.0 Å². The summed E-state index contributed by atoms with van der Waals surface area (Å²) in [7, 11) is -3.66. The van der Waals surface area contributed by atoms with E-state index in [4.69, 9.17) is 4.74 Å². The molecule has 2 aliphatic heterocycles. The molecule has 2 heterocycles. The number of piperidine rings is 1. The molecule has 2 saturated carbocycles. The molecule has 4 fully saturated rings. The lowest BCUT2D eigenvalue weighted by Gasteiger charge is -2.44. The predicted molar refractivity (Wildman–Crippen MR) is 140 cm³/mol. The highest BCUT2D eigenvalue weighted by Crippen LogP contribution is 2.43. The molecule has 2 aliphatic carbocycles. The number of benzene rings is 1. The molecule has 7 nitrogen and oxygen atoms in total. The summed E-state index contributed by atoms with van der Waals surface area (Å²) in [5, 5.41) is 0. The Bertz CT molecular complexity index is 1000. The molecule has 36 heavy (non-hydrogen) atoms. The summed E-state index contributed by atoms with van der Waals surface area (Å²) in [4.78, 5) is 17.9. The number of rotatable bonds is 6. The van der Waals surface area contributed by atoms with Crippen LogP contribution in [-0.4, -0.2) is 79.0 Å². The minimum absolute atomic E-state index is 0.00622. The monoisotopic (exact) mass is 517 g/mol. The molecular formula is C28H43N3O4S. The number of piperazine rings is 1. The predicted octanol–water partition coefficient (Wildman–Crippen LogP) is 4.79. The van der Waals surface area contributed by atoms with Gasteiger partial charge in [-0.3, -0.25) is 4.90 Å². The van der Waals surface area contributed by atoms with Crippen LogP contribution >= 0.6 is 0 Å². The first-order valence-electron chi connectivity index (χ1n) is 14.1. The zero-order chi connectivity index (χ0) is 25.3. The fourth-order valence-corrected chi connectivity index (χ4v) is 8.58. The van der Waals surface area contributed by atoms with E-state index in [1.807, 2.05) is 24.0 Å². The van der Waals surface area contributed by atoms with E-state index in [2.05, 4.69) is 11.8 Å². The van der Waals surface area contributed by atoms with Crippen LogP contribution < -0.4 is 0 Å². The van der Waals surface area contributed by atoms with Crippen molar-refractivity contribution in [3.05, 3.63) is 29.8 Å². The van der Waals surface area contributed by atoms with E-state index in [0.29, 0.717) is 23.4 Å². The van der Waals surface area contributed by atoms with Crippen LogP contribution in [0.3, 0.4) is 0 Å². The van der Waals surface area contributed by atoms with Crippen LogP contribution in [0.2, 0.25) is 0 Å². The summed E-state index contributed by atoms with van der Waals surface area (Å²) in [6.07, 6.45) is 11.0. The highest BCUT2D eigenvalue weighted by molar-refractivity contribution is 7.89. The molecule has 3 unspecified atom stereocenters. The fraction of sp³-hybridized carbons (Fsp3) is 0.750. The maximum absolute atomic E-state index is 13.8. The molecule has 8 heteroatoms. The number of carbonyl (C=O) groups is 1. The first kappa shape index (κ1) is 26.0. The second-order valence-electron chi connectivity index (χ2n) is 11.5. The average Bonchev–Trinajstić information content (AvgIpc) is 3.73. The maximum atomic E-state index is 13.8. The molecule has 3 atom stereocenters. The van der Waals surface area contributed by atoms with Gasteiger partial charge in [-0.25, -0.2) is 13.2 Å². The van der Waals surface area contributed by atoms with Crippen molar-refractivity contribution >= 4 is 16.1 Å². The number of sulfonamides is 1. The standard InChI is InChI=1S/C28H43N3O4S/c1-21-11-15-26(16-12-21)36(33,34)31-25(9-6-10-27(31)23-13-14-23)20-35-28(32)30-18-17-29(19-22(30)2)24-7-4-3-5-8-24/h11-12,15-16,22-25,27H,3-10,13-14,17-20H2,1-2H3. The number of nitrogens with zero attached hydrogens (tertiary/aromatic N) is 3. The fourth-order valence-electron chi connectivity index (χ4n) is 6.66. The van der Waals surface area contributed by atoms with Gasteiger partial charge in [0.15, 0.2) is 0 Å². The van der Waals surface area contributed by atoms with Crippen molar-refractivity contribution in [2.75, 3.05) is 26.2 Å². The summed E-state index contributed by atoms with van der Waals surface area (Å²) >= 11 is 0. The van der Waals surface area contributed by atoms with Crippen molar-refractivity contribution in [1.82, 2.24) is 14.1 Å². The van der Waals surface area contributed by atoms with Gasteiger partial charge in [0.05, 0.1) is 10.9 Å². The van der Waals surface area contributed by atoms with Crippen molar-refractivity contribution < 1.29 is 17.9 Å². The van der Waals surface area contributed by atoms with E-state index in [9.17, 15) is 13.2 Å². The van der Waals surface area contributed by atoms with E-state index in [0.717, 1.165) is 50.8 Å². The summed E-state index contributed by atoms with van der Waals surface area (Å²) in [5.41, 5.74) is 1.04. The molecular weight excluding hydrogens is 474 g/mol. The summed E-state index contributed by atoms with van der Waals surface area (Å²) in [6, 6.07) is 7.58. The molecule has 1 amide bonds. The first-order valence-corrected chi connectivity index (χ1v) is 15.6. The van der Waals surface area contributed by atoms with Gasteiger partial charge in [-0.05, 0) is 70.4 Å². The third-order valence-corrected chi connectivity index (χ3v) is 10.9. The minimum Gasteiger partial charge on any atom is -0.448 e. The molecule has 0 radical (unpaired) electrons. The summed E-state index contributed by atoms with van der Waals surface area (Å²) in [6.45, 7) is 6.66. The largest absolute Gasteiger partial charge is 0.448 e. The highest BCUT2D eigenvalue weighted by Gasteiger charge is 2.46. The SMILES string of the molecule is Cc1ccc(S(=O)(=O)N2C(COC(=O)N3CCN(C4CCCCC4)CC3C)CCCC2C2CC2)cc1. The van der Waals surface area contributed by atoms with Gasteiger partial charge in [0.25, 0.3) is 0 Å². The van der Waals surface area contributed by atoms with Gasteiger partial charge in [0.1, 0.15) is 6.61 Å². The third kappa shape index (κ3) is 5.60. The zero-order valence-corrected chi connectivity index (χ0v) is 22.8. The Morgan fingerprint density at radius 2 is 1.67 bits per heavy atom. The third-order valence-electron chi connectivity index (χ3n) is 8.87. The molecule has 0 N–H and O–H groups in total. The van der Waals surface area contributed by atoms with Crippen LogP contribution in [0.25, 0.3) is 0 Å². The van der Waals surface area contributed by atoms with Crippen LogP contribution in [0.5, 0.6) is 0 Å². The molecule has 2 saturated heterocycles. The van der Waals surface area contributed by atoms with Crippen LogP contribution in [0.1, 0.15) is 76.7 Å². The first-order chi connectivity index (χ1) is 17.3. The number of ether oxygens (including phenoxy) is 1. The van der Waals surface area contributed by atoms with E-state index >= 15 is 0 Å². The molecule has 200 valence electrons. The number of hydrogen-bond acceptors (Lipinski definition) is 5. The molecule has 5 rings (SSSR count). The maximum Gasteiger partial charge on any atom is 0.410 e. The Kier molecular flexibility index (Phi) is 7.94. The van der Waals surface area contributed by atoms with Gasteiger partial charge in [-0.2, -0.15) is 4.31 Å². The van der Waals surface area contributed by atoms with Gasteiger partial charge in [-0.15, -0.1) is 0 Å². The van der Waals surface area contributed by atoms with Gasteiger partial charge in [-0.1, -0.05) is 43.4 Å². The lowest BCUT2D eigenvalue weighted by molar-refractivity contribution is 0.0176. The molecule has 0 bridgehead atoms. The van der Waals surface area contributed by atoms with E-state index in [1.165, 1.54) is 32.1 Å². The Hall–Kier alpha value is -1.64. The number of aryl methyl sites for hydroxylation is 1. The van der Waals surface area contributed by atoms with E-state index < -0.39 is 10.0 Å². The molecule has 0 spiro atoms. The van der Waals surface area contributed by atoms with Gasteiger partial charge >= 0.3 is 6.09 Å². The molecule has 1 aromatic rings. The summed E-state index contributed by atoms with van der Waals surface area (Å²) < 4.78 is 35.2. The lowest BCUT2D eigenvalue weighted by atomic mass is 9.93. The lowest BCUT2D eigenvalue weighted by Crippen LogP contribution is -2.57. The number of carbonyl (C=O) groups excluding carboxylic acids is 1. The zero-order valence-electron chi connectivity index (χ0n) is 22.0. The molecule has 4 aliphatic rings. The normalized spacial score (nSPS) is 29.3. The number of amides is 1. The topological polar surface area (TPSA) is 70.2 Å². The quantitative estimate of drug-likeness (QED) is 0.543. The van der Waals surface area contributed by atoms with Crippen LogP contribution in [0, 0.1) is 12.8 Å². The van der Waals surface area contributed by atoms with E-state index in [1.54, 1.807) is 16.4 Å². The van der Waals surface area contributed by atoms with Gasteiger partial charge in [0, 0.05) is 37.8 Å². The minimum atomic E-state index is -3.66. The highest BCUT2D eigenvalue weighted by atomic mass is 32.2. The van der Waals surface area contributed by atoms with Crippen LogP contribution in [-0.2, 0) is 14.8 Å².